The SMILES string of the molecule is NC(=O)[C@@]1(C(F)F)COc2c1cc(C(O)(CNC(=O)c1cc(Cl)c3nc(N)sc3c1)C(F)(F)F)nc2-c1ccc(F)cc1. The first-order chi connectivity index (χ1) is 20.1. The maximum absolute atomic E-state index is 14.6. The summed E-state index contributed by atoms with van der Waals surface area (Å²) in [5, 5.41) is 13.2. The van der Waals surface area contributed by atoms with Gasteiger partial charge in [0.05, 0.1) is 22.0 Å². The van der Waals surface area contributed by atoms with Crippen molar-refractivity contribution in [3.8, 4) is 17.0 Å². The van der Waals surface area contributed by atoms with Crippen molar-refractivity contribution in [2.45, 2.75) is 23.6 Å². The molecular weight excluding hydrogens is 628 g/mol. The number of alkyl halides is 5. The summed E-state index contributed by atoms with van der Waals surface area (Å²) in [5.74, 6) is -3.94. The summed E-state index contributed by atoms with van der Waals surface area (Å²) in [7, 11) is 0. The van der Waals surface area contributed by atoms with Crippen LogP contribution in [0, 0.1) is 5.82 Å². The lowest BCUT2D eigenvalue weighted by atomic mass is 9.80. The summed E-state index contributed by atoms with van der Waals surface area (Å²) in [4.78, 5) is 33.1. The number of benzene rings is 2. The molecule has 0 fully saturated rings. The number of aromatic nitrogens is 2. The third-order valence-corrected chi connectivity index (χ3v) is 8.07. The fourth-order valence-corrected chi connectivity index (χ4v) is 5.68. The van der Waals surface area contributed by atoms with E-state index in [-0.39, 0.29) is 26.8 Å². The Hall–Kier alpha value is -4.15. The van der Waals surface area contributed by atoms with Crippen LogP contribution in [-0.4, -0.2) is 52.6 Å². The zero-order valence-electron chi connectivity index (χ0n) is 21.3. The van der Waals surface area contributed by atoms with Gasteiger partial charge in [-0.3, -0.25) is 9.59 Å². The van der Waals surface area contributed by atoms with Crippen molar-refractivity contribution in [1.82, 2.24) is 15.3 Å². The van der Waals surface area contributed by atoms with E-state index in [0.29, 0.717) is 10.8 Å². The van der Waals surface area contributed by atoms with E-state index in [1.165, 1.54) is 6.07 Å². The average molecular weight is 646 g/mol. The second-order valence-corrected chi connectivity index (χ2v) is 11.0. The van der Waals surface area contributed by atoms with Gasteiger partial charge in [-0.2, -0.15) is 13.2 Å². The molecule has 3 heterocycles. The van der Waals surface area contributed by atoms with Crippen molar-refractivity contribution in [3.63, 3.8) is 0 Å². The number of nitrogens with two attached hydrogens (primary N) is 2. The Kier molecular flexibility index (Phi) is 7.43. The maximum Gasteiger partial charge on any atom is 0.424 e. The summed E-state index contributed by atoms with van der Waals surface area (Å²) < 4.78 is 91.7. The van der Waals surface area contributed by atoms with Gasteiger partial charge in [0.15, 0.2) is 10.5 Å². The quantitative estimate of drug-likeness (QED) is 0.219. The number of aliphatic hydroxyl groups is 1. The Balaban J connectivity index is 1.63. The first kappa shape index (κ1) is 30.3. The molecule has 2 atom stereocenters. The second-order valence-electron chi connectivity index (χ2n) is 9.56. The molecule has 4 aromatic rings. The third kappa shape index (κ3) is 4.98. The number of ether oxygens (including phenoxy) is 1. The van der Waals surface area contributed by atoms with E-state index in [4.69, 9.17) is 27.8 Å². The lowest BCUT2D eigenvalue weighted by molar-refractivity contribution is -0.265. The Morgan fingerprint density at radius 2 is 1.84 bits per heavy atom. The topological polar surface area (TPSA) is 153 Å². The van der Waals surface area contributed by atoms with Crippen LogP contribution >= 0.6 is 22.9 Å². The van der Waals surface area contributed by atoms with Crippen molar-refractivity contribution in [2.24, 2.45) is 5.73 Å². The predicted molar refractivity (Wildman–Crippen MR) is 143 cm³/mol. The molecule has 5 rings (SSSR count). The Labute approximate surface area is 246 Å². The lowest BCUT2D eigenvalue weighted by Gasteiger charge is -2.32. The smallest absolute Gasteiger partial charge is 0.424 e. The molecule has 2 amide bonds. The molecule has 0 saturated heterocycles. The normalized spacial score (nSPS) is 17.9. The van der Waals surface area contributed by atoms with Crippen molar-refractivity contribution < 1.29 is 45.8 Å². The summed E-state index contributed by atoms with van der Waals surface area (Å²) in [6.45, 7) is -2.59. The van der Waals surface area contributed by atoms with Crippen LogP contribution in [0.4, 0.5) is 31.5 Å². The van der Waals surface area contributed by atoms with E-state index in [1.54, 1.807) is 0 Å². The zero-order valence-corrected chi connectivity index (χ0v) is 22.9. The molecule has 2 aromatic carbocycles. The Bertz CT molecular complexity index is 1770. The number of carbonyl (C=O) groups is 2. The number of amides is 2. The van der Waals surface area contributed by atoms with Crippen molar-refractivity contribution >= 4 is 50.1 Å². The van der Waals surface area contributed by atoms with E-state index in [9.17, 15) is 41.0 Å². The molecule has 9 nitrogen and oxygen atoms in total. The number of fused-ring (bicyclic) bond motifs is 2. The summed E-state index contributed by atoms with van der Waals surface area (Å²) in [6.07, 6.45) is -9.10. The molecule has 0 spiro atoms. The van der Waals surface area contributed by atoms with Crippen LogP contribution in [0.2, 0.25) is 5.02 Å². The van der Waals surface area contributed by atoms with Crippen LogP contribution in [0.3, 0.4) is 0 Å². The number of halogens is 7. The average Bonchev–Trinajstić information content (AvgIpc) is 3.52. The number of primary amides is 1. The summed E-state index contributed by atoms with van der Waals surface area (Å²) >= 11 is 7.10. The molecule has 226 valence electrons. The van der Waals surface area contributed by atoms with E-state index < -0.39 is 77.1 Å². The van der Waals surface area contributed by atoms with Crippen LogP contribution in [0.25, 0.3) is 21.5 Å². The molecule has 1 aliphatic heterocycles. The van der Waals surface area contributed by atoms with Gasteiger partial charge >= 0.3 is 6.18 Å². The molecule has 1 unspecified atom stereocenters. The van der Waals surface area contributed by atoms with Gasteiger partial charge in [0.2, 0.25) is 11.5 Å². The van der Waals surface area contributed by atoms with E-state index in [0.717, 1.165) is 41.7 Å². The minimum atomic E-state index is -5.56. The fraction of sp³-hybridized carbons (Fsp3) is 0.231. The number of nitrogen functional groups attached to an aromatic ring is 1. The molecule has 1 aliphatic rings. The highest BCUT2D eigenvalue weighted by molar-refractivity contribution is 7.22. The highest BCUT2D eigenvalue weighted by Gasteiger charge is 2.59. The molecule has 0 aliphatic carbocycles. The monoisotopic (exact) mass is 645 g/mol. The lowest BCUT2D eigenvalue weighted by Crippen LogP contribution is -2.52. The van der Waals surface area contributed by atoms with Crippen LogP contribution in [0.15, 0.2) is 42.5 Å². The second kappa shape index (κ2) is 10.5. The fourth-order valence-electron chi connectivity index (χ4n) is 4.56. The Morgan fingerprint density at radius 3 is 2.44 bits per heavy atom. The predicted octanol–water partition coefficient (Wildman–Crippen LogP) is 4.29. The number of anilines is 1. The van der Waals surface area contributed by atoms with Gasteiger partial charge in [0.1, 0.15) is 29.4 Å². The number of hydrogen-bond donors (Lipinski definition) is 4. The van der Waals surface area contributed by atoms with Gasteiger partial charge in [-0.25, -0.2) is 23.1 Å². The van der Waals surface area contributed by atoms with Gasteiger partial charge < -0.3 is 26.6 Å². The van der Waals surface area contributed by atoms with Crippen molar-refractivity contribution in [3.05, 3.63) is 70.1 Å². The largest absolute Gasteiger partial charge is 0.489 e. The van der Waals surface area contributed by atoms with Crippen LogP contribution in [0.1, 0.15) is 21.6 Å². The Morgan fingerprint density at radius 1 is 1.16 bits per heavy atom. The highest BCUT2D eigenvalue weighted by Crippen LogP contribution is 2.49. The van der Waals surface area contributed by atoms with E-state index in [1.807, 2.05) is 5.32 Å². The number of rotatable bonds is 7. The molecule has 17 heteroatoms. The molecule has 0 saturated carbocycles. The first-order valence-electron chi connectivity index (χ1n) is 12.0. The standard InChI is InChI=1S/C26H18ClF6N5O4S/c27-14-5-11(6-15-18(14)38-23(35)43-15)20(39)36-8-25(41,26(31,32)33)16-7-13-19(42-9-24(13,21(29)30)22(34)40)17(37-16)10-1-3-12(28)4-2-10/h1-7,21,41H,8-9H2,(H2,34,40)(H2,35,38)(H,36,39)/t24-,25?/m0/s1. The molecular formula is C26H18ClF6N5O4S. The van der Waals surface area contributed by atoms with Crippen molar-refractivity contribution in [1.29, 1.82) is 0 Å². The molecule has 0 radical (unpaired) electrons. The van der Waals surface area contributed by atoms with Gasteiger partial charge in [0, 0.05) is 16.7 Å². The van der Waals surface area contributed by atoms with Crippen LogP contribution in [0.5, 0.6) is 5.75 Å². The van der Waals surface area contributed by atoms with E-state index >= 15 is 0 Å². The third-order valence-electron chi connectivity index (χ3n) is 6.95. The maximum atomic E-state index is 14.6. The highest BCUT2D eigenvalue weighted by atomic mass is 35.5. The number of pyridine rings is 1. The van der Waals surface area contributed by atoms with Gasteiger partial charge in [-0.1, -0.05) is 22.9 Å². The van der Waals surface area contributed by atoms with Gasteiger partial charge in [-0.15, -0.1) is 0 Å². The number of nitrogens with one attached hydrogen (secondary N) is 1. The molecule has 6 N–H and O–H groups in total. The molecule has 0 bridgehead atoms. The number of carbonyl (C=O) groups excluding carboxylic acids is 2. The van der Waals surface area contributed by atoms with Gasteiger partial charge in [0.25, 0.3) is 12.3 Å². The molecule has 43 heavy (non-hydrogen) atoms. The first-order valence-corrected chi connectivity index (χ1v) is 13.2. The van der Waals surface area contributed by atoms with Crippen molar-refractivity contribution in [2.75, 3.05) is 18.9 Å². The minimum absolute atomic E-state index is 0.0132. The summed E-state index contributed by atoms with van der Waals surface area (Å²) in [6, 6.07) is 6.86. The number of hydrogen-bond acceptors (Lipinski definition) is 8. The van der Waals surface area contributed by atoms with Gasteiger partial charge in [-0.05, 0) is 42.5 Å². The van der Waals surface area contributed by atoms with Crippen LogP contribution in [-0.2, 0) is 15.8 Å². The summed E-state index contributed by atoms with van der Waals surface area (Å²) in [5.41, 5.74) is 1.47. The van der Waals surface area contributed by atoms with E-state index in [2.05, 4.69) is 9.97 Å². The minimum Gasteiger partial charge on any atom is -0.489 e. The van der Waals surface area contributed by atoms with Crippen LogP contribution < -0.4 is 21.5 Å². The number of thiazole rings is 1. The number of nitrogens with zero attached hydrogens (tertiary/aromatic N) is 2. The zero-order chi connectivity index (χ0) is 31.5. The molecule has 2 aromatic heterocycles.